The number of nitrogens with one attached hydrogen (secondary N) is 1. The van der Waals surface area contributed by atoms with Crippen molar-refractivity contribution in [1.82, 2.24) is 29.1 Å². The van der Waals surface area contributed by atoms with Gasteiger partial charge in [-0.1, -0.05) is 42.5 Å². The van der Waals surface area contributed by atoms with Gasteiger partial charge in [-0.15, -0.1) is 0 Å². The number of rotatable bonds is 7. The zero-order chi connectivity index (χ0) is 21.1. The summed E-state index contributed by atoms with van der Waals surface area (Å²) >= 11 is 5.65. The van der Waals surface area contributed by atoms with E-state index in [4.69, 9.17) is 17.3 Å². The van der Waals surface area contributed by atoms with Crippen molar-refractivity contribution in [2.45, 2.75) is 26.1 Å². The van der Waals surface area contributed by atoms with Gasteiger partial charge in [-0.3, -0.25) is 0 Å². The average molecular weight is 421 g/mol. The predicted octanol–water partition coefficient (Wildman–Crippen LogP) is 2.36. The average Bonchev–Trinajstić information content (AvgIpc) is 3.40. The first-order chi connectivity index (χ1) is 14.5. The third kappa shape index (κ3) is 4.24. The molecule has 8 heteroatoms. The van der Waals surface area contributed by atoms with Crippen LogP contribution in [-0.4, -0.2) is 36.2 Å². The molecule has 0 aliphatic heterocycles. The summed E-state index contributed by atoms with van der Waals surface area (Å²) in [5, 5.41) is 8.98. The van der Waals surface area contributed by atoms with E-state index in [-0.39, 0.29) is 6.04 Å². The Labute approximate surface area is 181 Å². The minimum absolute atomic E-state index is 0.288. The molecule has 0 aliphatic rings. The van der Waals surface area contributed by atoms with Crippen LogP contribution >= 0.6 is 12.2 Å². The van der Waals surface area contributed by atoms with Gasteiger partial charge in [0, 0.05) is 19.0 Å². The smallest absolute Gasteiger partial charge is 0.202 e. The Bertz CT molecular complexity index is 1140. The Morgan fingerprint density at radius 1 is 1.07 bits per heavy atom. The molecule has 0 fully saturated rings. The molecule has 2 aromatic heterocycles. The number of hydrogen-bond donors (Lipinski definition) is 1. The highest BCUT2D eigenvalue weighted by molar-refractivity contribution is 7.71. The van der Waals surface area contributed by atoms with Crippen LogP contribution in [0, 0.1) is 4.77 Å². The van der Waals surface area contributed by atoms with E-state index in [1.165, 1.54) is 22.4 Å². The summed E-state index contributed by atoms with van der Waals surface area (Å²) < 4.78 is 6.44. The van der Waals surface area contributed by atoms with E-state index in [0.717, 1.165) is 22.7 Å². The van der Waals surface area contributed by atoms with Gasteiger partial charge in [0.15, 0.2) is 6.67 Å². The first kappa shape index (κ1) is 20.2. The molecule has 0 aliphatic carbocycles. The van der Waals surface area contributed by atoms with Crippen molar-refractivity contribution in [3.8, 4) is 5.69 Å². The molecule has 30 heavy (non-hydrogen) atoms. The molecule has 2 aromatic carbocycles. The largest absolute Gasteiger partial charge is 0.313 e. The number of aromatic nitrogens is 6. The fourth-order valence-electron chi connectivity index (χ4n) is 3.48. The van der Waals surface area contributed by atoms with E-state index in [1.807, 2.05) is 22.4 Å². The second kappa shape index (κ2) is 8.73. The quantitative estimate of drug-likeness (QED) is 0.467. The molecule has 4 rings (SSSR count). The second-order valence-electron chi connectivity index (χ2n) is 7.58. The van der Waals surface area contributed by atoms with Gasteiger partial charge in [0.25, 0.3) is 0 Å². The molecular weight excluding hydrogens is 394 g/mol. The Hall–Kier alpha value is -3.10. The van der Waals surface area contributed by atoms with Crippen LogP contribution in [-0.2, 0) is 20.1 Å². The molecule has 1 N–H and O–H groups in total. The molecule has 7 nitrogen and oxygen atoms in total. The van der Waals surface area contributed by atoms with Crippen molar-refractivity contribution >= 4 is 12.2 Å². The van der Waals surface area contributed by atoms with Gasteiger partial charge in [-0.2, -0.15) is 14.9 Å². The van der Waals surface area contributed by atoms with Crippen molar-refractivity contribution in [1.29, 1.82) is 0 Å². The molecule has 2 heterocycles. The molecule has 0 bridgehead atoms. The highest BCUT2D eigenvalue weighted by Gasteiger charge is 2.18. The summed E-state index contributed by atoms with van der Waals surface area (Å²) in [4.78, 5) is 5.31. The van der Waals surface area contributed by atoms with Gasteiger partial charge >= 0.3 is 0 Å². The van der Waals surface area contributed by atoms with Crippen LogP contribution in [0.15, 0.2) is 67.3 Å². The van der Waals surface area contributed by atoms with Crippen LogP contribution in [0.25, 0.3) is 5.69 Å². The third-order valence-electron chi connectivity index (χ3n) is 5.55. The fraction of sp³-hybridized carbons (Fsp3) is 0.273. The van der Waals surface area contributed by atoms with Crippen LogP contribution in [0.1, 0.15) is 29.9 Å². The van der Waals surface area contributed by atoms with Gasteiger partial charge < -0.3 is 9.47 Å². The first-order valence-electron chi connectivity index (χ1n) is 9.97. The lowest BCUT2D eigenvalue weighted by atomic mass is 10.1. The number of nitrogens with zero attached hydrogens (tertiary/aromatic N) is 6. The molecule has 2 atom stereocenters. The molecule has 4 aromatic rings. The van der Waals surface area contributed by atoms with Gasteiger partial charge in [-0.25, -0.2) is 9.67 Å². The maximum atomic E-state index is 5.65. The Kier molecular flexibility index (Phi) is 5.87. The van der Waals surface area contributed by atoms with Crippen LogP contribution in [0.5, 0.6) is 0 Å². The normalized spacial score (nSPS) is 13.3. The van der Waals surface area contributed by atoms with Crippen molar-refractivity contribution in [2.24, 2.45) is 7.05 Å². The molecular formula is C22H26N7S+. The summed E-state index contributed by atoms with van der Waals surface area (Å²) in [7, 11) is 4.16. The maximum absolute atomic E-state index is 5.65. The van der Waals surface area contributed by atoms with Gasteiger partial charge in [0.05, 0.1) is 12.7 Å². The Balaban J connectivity index is 1.47. The first-order valence-corrected chi connectivity index (χ1v) is 10.4. The van der Waals surface area contributed by atoms with Crippen LogP contribution in [0.3, 0.4) is 0 Å². The van der Waals surface area contributed by atoms with E-state index >= 15 is 0 Å². The summed E-state index contributed by atoms with van der Waals surface area (Å²) in [5.74, 6) is 0.976. The Morgan fingerprint density at radius 3 is 2.47 bits per heavy atom. The second-order valence-corrected chi connectivity index (χ2v) is 7.94. The van der Waals surface area contributed by atoms with Crippen molar-refractivity contribution in [3.05, 3.63) is 89.0 Å². The molecule has 0 spiro atoms. The van der Waals surface area contributed by atoms with Crippen LogP contribution < -0.4 is 4.90 Å². The zero-order valence-electron chi connectivity index (χ0n) is 17.4. The van der Waals surface area contributed by atoms with Gasteiger partial charge in [-0.05, 0) is 36.8 Å². The van der Waals surface area contributed by atoms with E-state index in [2.05, 4.69) is 72.6 Å². The SMILES string of the molecule is C[C@@H](c1ccc(-n2cncn2)cc1)[NH+](C)Cn1nc(Cc2ccccc2)n(C)c1=S. The lowest BCUT2D eigenvalue weighted by Gasteiger charge is -2.22. The highest BCUT2D eigenvalue weighted by Crippen LogP contribution is 2.13. The molecule has 0 saturated carbocycles. The fourth-order valence-corrected chi connectivity index (χ4v) is 3.69. The minimum atomic E-state index is 0.288. The van der Waals surface area contributed by atoms with Gasteiger partial charge in [0.1, 0.15) is 24.5 Å². The van der Waals surface area contributed by atoms with Crippen LogP contribution in [0.2, 0.25) is 0 Å². The summed E-state index contributed by atoms with van der Waals surface area (Å²) in [5.41, 5.74) is 3.48. The lowest BCUT2D eigenvalue weighted by molar-refractivity contribution is -0.933. The molecule has 1 unspecified atom stereocenters. The van der Waals surface area contributed by atoms with E-state index < -0.39 is 0 Å². The molecule has 154 valence electrons. The predicted molar refractivity (Wildman–Crippen MR) is 118 cm³/mol. The van der Waals surface area contributed by atoms with E-state index in [0.29, 0.717) is 6.67 Å². The van der Waals surface area contributed by atoms with E-state index in [9.17, 15) is 0 Å². The summed E-state index contributed by atoms with van der Waals surface area (Å²) in [6, 6.07) is 19.1. The molecule has 0 radical (unpaired) electrons. The number of quaternary nitrogens is 1. The maximum Gasteiger partial charge on any atom is 0.202 e. The topological polar surface area (TPSA) is 57.9 Å². The van der Waals surface area contributed by atoms with Crippen LogP contribution in [0.4, 0.5) is 0 Å². The molecule has 0 saturated heterocycles. The minimum Gasteiger partial charge on any atom is -0.313 e. The number of benzene rings is 2. The van der Waals surface area contributed by atoms with Crippen molar-refractivity contribution in [2.75, 3.05) is 7.05 Å². The third-order valence-corrected chi connectivity index (χ3v) is 6.04. The lowest BCUT2D eigenvalue weighted by Crippen LogP contribution is -3.08. The standard InChI is InChI=1S/C22H25N7S/c1-17(19-9-11-20(12-10-19)28-15-23-14-24-28)26(2)16-29-22(30)27(3)21(25-29)13-18-7-5-4-6-8-18/h4-12,14-15,17H,13,16H2,1-3H3/p+1/t17-/m0/s1. The number of hydrogen-bond acceptors (Lipinski definition) is 4. The zero-order valence-corrected chi connectivity index (χ0v) is 18.3. The summed E-state index contributed by atoms with van der Waals surface area (Å²) in [6.45, 7) is 2.92. The summed E-state index contributed by atoms with van der Waals surface area (Å²) in [6.07, 6.45) is 4.01. The van der Waals surface area contributed by atoms with Crippen molar-refractivity contribution < 1.29 is 4.90 Å². The molecule has 0 amide bonds. The monoisotopic (exact) mass is 420 g/mol. The van der Waals surface area contributed by atoms with Gasteiger partial charge in [0.2, 0.25) is 4.77 Å². The van der Waals surface area contributed by atoms with Crippen molar-refractivity contribution in [3.63, 3.8) is 0 Å². The van der Waals surface area contributed by atoms with E-state index in [1.54, 1.807) is 11.0 Å². The Morgan fingerprint density at radius 2 is 1.80 bits per heavy atom. The highest BCUT2D eigenvalue weighted by atomic mass is 32.1.